The molecule has 1 N–H and O–H groups in total. The largest absolute Gasteiger partial charge is 0.381 e. The maximum Gasteiger partial charge on any atom is 0.0539 e. The zero-order valence-corrected chi connectivity index (χ0v) is 12.6. The first-order chi connectivity index (χ1) is 9.67. The van der Waals surface area contributed by atoms with Gasteiger partial charge in [0.05, 0.1) is 6.20 Å². The maximum atomic E-state index is 4.34. The van der Waals surface area contributed by atoms with Crippen molar-refractivity contribution < 1.29 is 0 Å². The lowest BCUT2D eigenvalue weighted by Gasteiger charge is -2.10. The summed E-state index contributed by atoms with van der Waals surface area (Å²) in [5.74, 6) is 0. The van der Waals surface area contributed by atoms with E-state index in [0.29, 0.717) is 0 Å². The number of anilines is 1. The van der Waals surface area contributed by atoms with E-state index in [-0.39, 0.29) is 0 Å². The first-order valence-corrected chi connectivity index (χ1v) is 7.16. The molecule has 0 saturated heterocycles. The number of nitrogens with zero attached hydrogens (tertiary/aromatic N) is 3. The number of hydrogen-bond acceptors (Lipinski definition) is 3. The van der Waals surface area contributed by atoms with Gasteiger partial charge < -0.3 is 10.2 Å². The molecule has 0 spiro atoms. The van der Waals surface area contributed by atoms with Crippen LogP contribution in [0.3, 0.4) is 0 Å². The summed E-state index contributed by atoms with van der Waals surface area (Å²) in [4.78, 5) is 2.17. The predicted octanol–water partition coefficient (Wildman–Crippen LogP) is 2.97. The van der Waals surface area contributed by atoms with Crippen LogP contribution in [0.1, 0.15) is 24.5 Å². The van der Waals surface area contributed by atoms with E-state index in [1.165, 1.54) is 11.1 Å². The molecule has 0 radical (unpaired) electrons. The maximum absolute atomic E-state index is 4.34. The fourth-order valence-corrected chi connectivity index (χ4v) is 2.15. The van der Waals surface area contributed by atoms with Gasteiger partial charge in [-0.25, -0.2) is 0 Å². The molecule has 2 rings (SSSR count). The minimum atomic E-state index is 0.816. The minimum absolute atomic E-state index is 0.816. The summed E-state index contributed by atoms with van der Waals surface area (Å²) in [7, 11) is 4.17. The lowest BCUT2D eigenvalue weighted by molar-refractivity contribution is 0.402. The van der Waals surface area contributed by atoms with Crippen molar-refractivity contribution in [3.8, 4) is 0 Å². The van der Waals surface area contributed by atoms with Crippen molar-refractivity contribution in [1.82, 2.24) is 14.7 Å². The van der Waals surface area contributed by atoms with Crippen LogP contribution in [0.15, 0.2) is 36.7 Å². The highest BCUT2D eigenvalue weighted by atomic mass is 15.3. The number of nitrogens with one attached hydrogen (secondary N) is 1. The Hall–Kier alpha value is -1.81. The molecular formula is C16H24N4. The van der Waals surface area contributed by atoms with E-state index >= 15 is 0 Å². The molecule has 4 nitrogen and oxygen atoms in total. The molecule has 0 saturated carbocycles. The van der Waals surface area contributed by atoms with Gasteiger partial charge in [-0.05, 0) is 38.2 Å². The standard InChI is InChI=1S/C16H24N4/c1-4-9-20-13-15(11-18-20)10-17-16-7-5-14(6-8-16)12-19(2)3/h5-8,11,13,17H,4,9-10,12H2,1-3H3. The zero-order valence-electron chi connectivity index (χ0n) is 12.6. The Morgan fingerprint density at radius 2 is 1.90 bits per heavy atom. The Kier molecular flexibility index (Phi) is 5.18. The van der Waals surface area contributed by atoms with Crippen molar-refractivity contribution in [1.29, 1.82) is 0 Å². The molecule has 0 unspecified atom stereocenters. The average molecular weight is 272 g/mol. The van der Waals surface area contributed by atoms with Gasteiger partial charge in [0.25, 0.3) is 0 Å². The van der Waals surface area contributed by atoms with Crippen LogP contribution in [0.25, 0.3) is 0 Å². The van der Waals surface area contributed by atoms with Gasteiger partial charge in [0.2, 0.25) is 0 Å². The second-order valence-corrected chi connectivity index (χ2v) is 5.40. The number of rotatable bonds is 7. The fourth-order valence-electron chi connectivity index (χ4n) is 2.15. The summed E-state index contributed by atoms with van der Waals surface area (Å²) in [5, 5.41) is 7.77. The summed E-state index contributed by atoms with van der Waals surface area (Å²) in [6.07, 6.45) is 5.15. The van der Waals surface area contributed by atoms with E-state index in [0.717, 1.165) is 31.7 Å². The minimum Gasteiger partial charge on any atom is -0.381 e. The van der Waals surface area contributed by atoms with Crippen LogP contribution in [0.2, 0.25) is 0 Å². The van der Waals surface area contributed by atoms with Gasteiger partial charge in [-0.3, -0.25) is 4.68 Å². The van der Waals surface area contributed by atoms with Gasteiger partial charge in [0.15, 0.2) is 0 Å². The normalized spacial score (nSPS) is 11.0. The van der Waals surface area contributed by atoms with Gasteiger partial charge in [-0.1, -0.05) is 19.1 Å². The Balaban J connectivity index is 1.86. The molecule has 0 aliphatic heterocycles. The molecule has 2 aromatic rings. The van der Waals surface area contributed by atoms with Gasteiger partial charge in [-0.15, -0.1) is 0 Å². The van der Waals surface area contributed by atoms with Crippen LogP contribution >= 0.6 is 0 Å². The van der Waals surface area contributed by atoms with E-state index in [1.807, 2.05) is 10.9 Å². The number of aromatic nitrogens is 2. The number of hydrogen-bond donors (Lipinski definition) is 1. The van der Waals surface area contributed by atoms with Gasteiger partial charge >= 0.3 is 0 Å². The average Bonchev–Trinajstić information content (AvgIpc) is 2.86. The lowest BCUT2D eigenvalue weighted by Crippen LogP contribution is -2.10. The van der Waals surface area contributed by atoms with Crippen molar-refractivity contribution in [2.24, 2.45) is 0 Å². The smallest absolute Gasteiger partial charge is 0.0539 e. The molecule has 108 valence electrons. The SMILES string of the molecule is CCCn1cc(CNc2ccc(CN(C)C)cc2)cn1. The third-order valence-electron chi connectivity index (χ3n) is 3.09. The van der Waals surface area contributed by atoms with E-state index in [1.54, 1.807) is 0 Å². The highest BCUT2D eigenvalue weighted by Crippen LogP contribution is 2.12. The molecule has 20 heavy (non-hydrogen) atoms. The topological polar surface area (TPSA) is 33.1 Å². The highest BCUT2D eigenvalue weighted by molar-refractivity contribution is 5.44. The Labute approximate surface area is 121 Å². The molecule has 1 aromatic carbocycles. The summed E-state index contributed by atoms with van der Waals surface area (Å²) in [5.41, 5.74) is 3.70. The van der Waals surface area contributed by atoms with Crippen LogP contribution in [0, 0.1) is 0 Å². The van der Waals surface area contributed by atoms with Crippen LogP contribution in [0.5, 0.6) is 0 Å². The summed E-state index contributed by atoms with van der Waals surface area (Å²) < 4.78 is 2.00. The molecule has 0 atom stereocenters. The third-order valence-corrected chi connectivity index (χ3v) is 3.09. The van der Waals surface area contributed by atoms with Crippen LogP contribution < -0.4 is 5.32 Å². The Morgan fingerprint density at radius 3 is 2.55 bits per heavy atom. The van der Waals surface area contributed by atoms with Gasteiger partial charge in [0, 0.05) is 37.1 Å². The van der Waals surface area contributed by atoms with Gasteiger partial charge in [-0.2, -0.15) is 5.10 Å². The quantitative estimate of drug-likeness (QED) is 0.841. The first kappa shape index (κ1) is 14.6. The van der Waals surface area contributed by atoms with Crippen LogP contribution in [-0.2, 0) is 19.6 Å². The fraction of sp³-hybridized carbons (Fsp3) is 0.438. The summed E-state index contributed by atoms with van der Waals surface area (Å²) >= 11 is 0. The van der Waals surface area contributed by atoms with E-state index < -0.39 is 0 Å². The number of aryl methyl sites for hydroxylation is 1. The monoisotopic (exact) mass is 272 g/mol. The van der Waals surface area contributed by atoms with Crippen molar-refractivity contribution in [3.63, 3.8) is 0 Å². The number of benzene rings is 1. The molecular weight excluding hydrogens is 248 g/mol. The highest BCUT2D eigenvalue weighted by Gasteiger charge is 1.99. The second-order valence-electron chi connectivity index (χ2n) is 5.40. The molecule has 0 bridgehead atoms. The molecule has 4 heteroatoms. The Morgan fingerprint density at radius 1 is 1.15 bits per heavy atom. The summed E-state index contributed by atoms with van der Waals surface area (Å²) in [6.45, 7) is 4.94. The lowest BCUT2D eigenvalue weighted by atomic mass is 10.2. The molecule has 0 fully saturated rings. The predicted molar refractivity (Wildman–Crippen MR) is 83.7 cm³/mol. The molecule has 1 heterocycles. The second kappa shape index (κ2) is 7.10. The van der Waals surface area contributed by atoms with Crippen molar-refractivity contribution in [2.45, 2.75) is 33.0 Å². The third kappa shape index (κ3) is 4.38. The summed E-state index contributed by atoms with van der Waals surface area (Å²) in [6, 6.07) is 8.61. The van der Waals surface area contributed by atoms with Crippen LogP contribution in [-0.4, -0.2) is 28.8 Å². The van der Waals surface area contributed by atoms with Crippen molar-refractivity contribution >= 4 is 5.69 Å². The van der Waals surface area contributed by atoms with Crippen LogP contribution in [0.4, 0.5) is 5.69 Å². The first-order valence-electron chi connectivity index (χ1n) is 7.16. The molecule has 0 aliphatic carbocycles. The molecule has 0 aliphatic rings. The van der Waals surface area contributed by atoms with E-state index in [2.05, 4.69) is 66.8 Å². The van der Waals surface area contributed by atoms with Gasteiger partial charge in [0.1, 0.15) is 0 Å². The zero-order chi connectivity index (χ0) is 14.4. The van der Waals surface area contributed by atoms with E-state index in [9.17, 15) is 0 Å². The van der Waals surface area contributed by atoms with Crippen molar-refractivity contribution in [3.05, 3.63) is 47.8 Å². The van der Waals surface area contributed by atoms with E-state index in [4.69, 9.17) is 0 Å². The molecule has 1 aromatic heterocycles. The van der Waals surface area contributed by atoms with Crippen molar-refractivity contribution in [2.75, 3.05) is 19.4 Å². The Bertz CT molecular complexity index is 514. The molecule has 0 amide bonds.